The molecule has 0 aliphatic rings. The molecule has 0 rings (SSSR count). The lowest BCUT2D eigenvalue weighted by Crippen LogP contribution is -1.97. The van der Waals surface area contributed by atoms with Crippen LogP contribution in [0.1, 0.15) is 33.6 Å². The maximum atomic E-state index is 11.4. The molecule has 0 aromatic carbocycles. The van der Waals surface area contributed by atoms with Crippen molar-refractivity contribution in [2.75, 3.05) is 6.61 Å². The predicted molar refractivity (Wildman–Crippen MR) is 82.2 cm³/mol. The fourth-order valence-electron chi connectivity index (χ4n) is 1.27. The molecule has 0 heterocycles. The van der Waals surface area contributed by atoms with E-state index in [4.69, 9.17) is 14.7 Å². The second kappa shape index (κ2) is 9.39. The first-order valence-electron chi connectivity index (χ1n) is 6.30. The maximum Gasteiger partial charge on any atom is 0.490 e. The van der Waals surface area contributed by atoms with Crippen LogP contribution >= 0.6 is 23.5 Å². The van der Waals surface area contributed by atoms with Crippen molar-refractivity contribution in [2.45, 2.75) is 33.6 Å². The second-order valence-corrected chi connectivity index (χ2v) is 9.18. The Bertz CT molecular complexity index is 586. The molecule has 2 unspecified atom stereocenters. The highest BCUT2D eigenvalue weighted by molar-refractivity contribution is 7.66. The summed E-state index contributed by atoms with van der Waals surface area (Å²) < 4.78 is 44.5. The minimum atomic E-state index is -5.46. The molecular weight excluding hydrogens is 373 g/mol. The number of rotatable bonds is 10. The predicted octanol–water partition coefficient (Wildman–Crippen LogP) is 3.02. The first-order valence-corrected chi connectivity index (χ1v) is 10.8. The van der Waals surface area contributed by atoms with Gasteiger partial charge in [-0.3, -0.25) is 4.52 Å². The molecule has 10 nitrogen and oxygen atoms in total. The maximum absolute atomic E-state index is 11.4. The van der Waals surface area contributed by atoms with Gasteiger partial charge in [0.2, 0.25) is 0 Å². The molecule has 23 heavy (non-hydrogen) atoms. The van der Waals surface area contributed by atoms with E-state index < -0.39 is 30.1 Å². The monoisotopic (exact) mass is 394 g/mol. The molecule has 136 valence electrons. The topological polar surface area (TPSA) is 160 Å². The third-order valence-corrected chi connectivity index (χ3v) is 5.98. The zero-order chi connectivity index (χ0) is 18.3. The highest BCUT2D eigenvalue weighted by Crippen LogP contribution is 2.66. The van der Waals surface area contributed by atoms with E-state index in [1.807, 2.05) is 19.9 Å². The summed E-state index contributed by atoms with van der Waals surface area (Å²) in [7, 11) is -15.9. The minimum Gasteiger partial charge on any atom is -0.302 e. The quantitative estimate of drug-likeness (QED) is 0.320. The minimum absolute atomic E-state index is 0.398. The van der Waals surface area contributed by atoms with Crippen molar-refractivity contribution in [1.29, 1.82) is 0 Å². The number of phosphoric ester groups is 1. The number of hydrogen-bond donors (Lipinski definition) is 4. The molecule has 0 saturated heterocycles. The van der Waals surface area contributed by atoms with Crippen LogP contribution in [0.2, 0.25) is 0 Å². The van der Waals surface area contributed by atoms with Gasteiger partial charge in [-0.1, -0.05) is 23.3 Å². The van der Waals surface area contributed by atoms with E-state index in [0.717, 1.165) is 17.6 Å². The first-order chi connectivity index (χ1) is 10.2. The van der Waals surface area contributed by atoms with E-state index in [1.54, 1.807) is 6.92 Å². The highest BCUT2D eigenvalue weighted by atomic mass is 31.3. The van der Waals surface area contributed by atoms with Gasteiger partial charge in [0.15, 0.2) is 0 Å². The average Bonchev–Trinajstić information content (AvgIpc) is 2.22. The van der Waals surface area contributed by atoms with Gasteiger partial charge >= 0.3 is 23.5 Å². The molecule has 0 saturated carbocycles. The standard InChI is InChI=1S/C10H21O10P3/c1-9(2)5-4-6-10(3)7-8-18-22(14,15)20-23(16,17)19-21(11,12)13/h5,7H,4,6,8H2,1-3H3,(H,14,15)(H,16,17)(H2,11,12,13)/b10-7+. The summed E-state index contributed by atoms with van der Waals surface area (Å²) in [6.45, 7) is 5.27. The molecular formula is C10H21O10P3. The van der Waals surface area contributed by atoms with E-state index in [-0.39, 0.29) is 0 Å². The van der Waals surface area contributed by atoms with E-state index in [2.05, 4.69) is 13.1 Å². The third kappa shape index (κ3) is 14.0. The van der Waals surface area contributed by atoms with Crippen molar-refractivity contribution >= 4 is 23.5 Å². The van der Waals surface area contributed by atoms with Gasteiger partial charge in [0, 0.05) is 0 Å². The van der Waals surface area contributed by atoms with E-state index in [9.17, 15) is 18.6 Å². The number of allylic oxidation sites excluding steroid dienone is 3. The molecule has 2 atom stereocenters. The second-order valence-electron chi connectivity index (χ2n) is 4.76. The van der Waals surface area contributed by atoms with Gasteiger partial charge in [-0.15, -0.1) is 0 Å². The highest BCUT2D eigenvalue weighted by Gasteiger charge is 2.40. The Morgan fingerprint density at radius 3 is 1.96 bits per heavy atom. The van der Waals surface area contributed by atoms with Crippen molar-refractivity contribution in [1.82, 2.24) is 0 Å². The van der Waals surface area contributed by atoms with Crippen LogP contribution in [0.4, 0.5) is 0 Å². The molecule has 4 N–H and O–H groups in total. The Labute approximate surface area is 134 Å². The van der Waals surface area contributed by atoms with Crippen LogP contribution in [0.15, 0.2) is 23.3 Å². The summed E-state index contributed by atoms with van der Waals surface area (Å²) >= 11 is 0. The van der Waals surface area contributed by atoms with E-state index in [0.29, 0.717) is 6.42 Å². The van der Waals surface area contributed by atoms with Gasteiger partial charge in [0.05, 0.1) is 6.61 Å². The molecule has 0 aromatic rings. The van der Waals surface area contributed by atoms with Crippen molar-refractivity contribution in [3.63, 3.8) is 0 Å². The lowest BCUT2D eigenvalue weighted by atomic mass is 10.1. The largest absolute Gasteiger partial charge is 0.490 e. The molecule has 0 radical (unpaired) electrons. The van der Waals surface area contributed by atoms with Gasteiger partial charge in [-0.25, -0.2) is 13.7 Å². The summed E-state index contributed by atoms with van der Waals surface area (Å²) in [6.07, 6.45) is 4.95. The molecule has 0 aliphatic heterocycles. The normalized spacial score (nSPS) is 18.1. The Morgan fingerprint density at radius 2 is 1.48 bits per heavy atom. The molecule has 13 heteroatoms. The van der Waals surface area contributed by atoms with Crippen LogP contribution in [-0.4, -0.2) is 26.2 Å². The molecule has 0 aliphatic carbocycles. The zero-order valence-electron chi connectivity index (χ0n) is 12.9. The first kappa shape index (κ1) is 22.9. The SMILES string of the molecule is CC(C)=CCC/C(C)=C/COP(=O)(O)OP(=O)(O)OP(=O)(O)O. The fourth-order valence-corrected chi connectivity index (χ4v) is 4.23. The smallest absolute Gasteiger partial charge is 0.302 e. The van der Waals surface area contributed by atoms with Gasteiger partial charge in [0.25, 0.3) is 0 Å². The molecule has 0 amide bonds. The lowest BCUT2D eigenvalue weighted by Gasteiger charge is -2.15. The fraction of sp³-hybridized carbons (Fsp3) is 0.600. The van der Waals surface area contributed by atoms with Crippen molar-refractivity contribution in [2.24, 2.45) is 0 Å². The molecule has 0 aromatic heterocycles. The summed E-state index contributed by atoms with van der Waals surface area (Å²) in [5.74, 6) is 0. The van der Waals surface area contributed by atoms with Crippen LogP contribution < -0.4 is 0 Å². The van der Waals surface area contributed by atoms with Gasteiger partial charge < -0.3 is 19.6 Å². The average molecular weight is 394 g/mol. The molecule has 0 bridgehead atoms. The van der Waals surface area contributed by atoms with Crippen LogP contribution in [0, 0.1) is 0 Å². The summed E-state index contributed by atoms with van der Waals surface area (Å²) in [4.78, 5) is 34.9. The molecule has 0 spiro atoms. The van der Waals surface area contributed by atoms with Crippen LogP contribution in [0.3, 0.4) is 0 Å². The number of phosphoric acid groups is 3. The van der Waals surface area contributed by atoms with Crippen LogP contribution in [-0.2, 0) is 26.8 Å². The zero-order valence-corrected chi connectivity index (χ0v) is 15.5. The summed E-state index contributed by atoms with van der Waals surface area (Å²) in [6, 6.07) is 0. The van der Waals surface area contributed by atoms with E-state index in [1.165, 1.54) is 6.08 Å². The van der Waals surface area contributed by atoms with Crippen LogP contribution in [0.25, 0.3) is 0 Å². The lowest BCUT2D eigenvalue weighted by molar-refractivity contribution is 0.182. The van der Waals surface area contributed by atoms with Gasteiger partial charge in [-0.2, -0.15) is 8.62 Å². The van der Waals surface area contributed by atoms with Gasteiger partial charge in [0.1, 0.15) is 0 Å². The van der Waals surface area contributed by atoms with E-state index >= 15 is 0 Å². The summed E-state index contributed by atoms with van der Waals surface area (Å²) in [5, 5.41) is 0. The Hall–Kier alpha value is -0.110. The van der Waals surface area contributed by atoms with Gasteiger partial charge in [-0.05, 0) is 33.6 Å². The van der Waals surface area contributed by atoms with Crippen molar-refractivity contribution < 1.29 is 46.4 Å². The Balaban J connectivity index is 4.48. The Kier molecular flexibility index (Phi) is 9.35. The van der Waals surface area contributed by atoms with Crippen molar-refractivity contribution in [3.8, 4) is 0 Å². The third-order valence-electron chi connectivity index (χ3n) is 2.18. The molecule has 0 fully saturated rings. The van der Waals surface area contributed by atoms with Crippen molar-refractivity contribution in [3.05, 3.63) is 23.3 Å². The summed E-state index contributed by atoms with van der Waals surface area (Å²) in [5.41, 5.74) is 2.01. The Morgan fingerprint density at radius 1 is 0.913 bits per heavy atom. The van der Waals surface area contributed by atoms with Crippen LogP contribution in [0.5, 0.6) is 0 Å². The number of hydrogen-bond acceptors (Lipinski definition) is 6.